The summed E-state index contributed by atoms with van der Waals surface area (Å²) in [4.78, 5) is 23.0. The average Bonchev–Trinajstić information content (AvgIpc) is 2.94. The van der Waals surface area contributed by atoms with Gasteiger partial charge in [-0.25, -0.2) is 13.6 Å². The molecule has 1 aliphatic carbocycles. The first-order valence-electron chi connectivity index (χ1n) is 7.11. The number of hydrogen-bond acceptors (Lipinski definition) is 3. The topological polar surface area (TPSA) is 75.6 Å². The summed E-state index contributed by atoms with van der Waals surface area (Å²) in [7, 11) is 0. The number of amides is 1. The zero-order valence-corrected chi connectivity index (χ0v) is 13.4. The Morgan fingerprint density at radius 3 is 2.26 bits per heavy atom. The summed E-state index contributed by atoms with van der Waals surface area (Å²) >= 11 is 0. The number of alkyl halides is 2. The van der Waals surface area contributed by atoms with Gasteiger partial charge in [0.1, 0.15) is 5.60 Å². The van der Waals surface area contributed by atoms with Gasteiger partial charge in [-0.1, -0.05) is 12.1 Å². The number of carbonyl (C=O) groups is 2. The highest BCUT2D eigenvalue weighted by Crippen LogP contribution is 2.61. The fraction of sp³-hybridized carbons (Fsp3) is 0.500. The van der Waals surface area contributed by atoms with Crippen LogP contribution in [0.25, 0.3) is 0 Å². The molecule has 126 valence electrons. The van der Waals surface area contributed by atoms with Gasteiger partial charge in [-0.15, -0.1) is 0 Å². The van der Waals surface area contributed by atoms with Gasteiger partial charge in [0.15, 0.2) is 5.41 Å². The molecule has 2 N–H and O–H groups in total. The zero-order valence-electron chi connectivity index (χ0n) is 13.4. The molecule has 0 aliphatic heterocycles. The van der Waals surface area contributed by atoms with E-state index in [1.165, 1.54) is 18.2 Å². The van der Waals surface area contributed by atoms with E-state index < -0.39 is 35.4 Å². The minimum atomic E-state index is -3.26. The molecule has 2 rings (SSSR count). The number of benzene rings is 1. The van der Waals surface area contributed by atoms with E-state index in [9.17, 15) is 18.4 Å². The van der Waals surface area contributed by atoms with E-state index in [0.29, 0.717) is 11.3 Å². The maximum Gasteiger partial charge on any atom is 0.412 e. The lowest BCUT2D eigenvalue weighted by Crippen LogP contribution is -2.28. The van der Waals surface area contributed by atoms with Crippen molar-refractivity contribution in [2.45, 2.75) is 51.1 Å². The van der Waals surface area contributed by atoms with Crippen LogP contribution in [0, 0.1) is 6.92 Å². The SMILES string of the molecule is Cc1cc(C2(C(=O)O)CC2(F)F)ccc1NC(=O)OC(C)(C)C. The van der Waals surface area contributed by atoms with Gasteiger partial charge in [0.2, 0.25) is 0 Å². The molecule has 0 spiro atoms. The Hall–Kier alpha value is -2.18. The average molecular weight is 327 g/mol. The highest BCUT2D eigenvalue weighted by molar-refractivity contribution is 5.89. The number of carboxylic acids is 1. The molecule has 1 fully saturated rings. The number of aliphatic carboxylic acids is 1. The van der Waals surface area contributed by atoms with E-state index in [4.69, 9.17) is 9.84 Å². The van der Waals surface area contributed by atoms with Gasteiger partial charge in [0, 0.05) is 12.1 Å². The van der Waals surface area contributed by atoms with Gasteiger partial charge in [0.25, 0.3) is 5.92 Å². The summed E-state index contributed by atoms with van der Waals surface area (Å²) in [6.45, 7) is 6.75. The molecule has 0 radical (unpaired) electrons. The fourth-order valence-corrected chi connectivity index (χ4v) is 2.44. The molecular formula is C16H19F2NO4. The highest BCUT2D eigenvalue weighted by Gasteiger charge is 2.77. The number of carboxylic acid groups (broad SMARTS) is 1. The lowest BCUT2D eigenvalue weighted by atomic mass is 9.93. The summed E-state index contributed by atoms with van der Waals surface area (Å²) in [6.07, 6.45) is -1.38. The van der Waals surface area contributed by atoms with Gasteiger partial charge >= 0.3 is 12.1 Å². The van der Waals surface area contributed by atoms with E-state index in [-0.39, 0.29) is 5.56 Å². The van der Waals surface area contributed by atoms with E-state index in [1.54, 1.807) is 27.7 Å². The highest BCUT2D eigenvalue weighted by atomic mass is 19.3. The maximum absolute atomic E-state index is 13.5. The molecule has 1 atom stereocenters. The third-order valence-electron chi connectivity index (χ3n) is 3.71. The molecular weight excluding hydrogens is 308 g/mol. The molecule has 5 nitrogen and oxygen atoms in total. The van der Waals surface area contributed by atoms with Crippen LogP contribution in [0.1, 0.15) is 38.3 Å². The van der Waals surface area contributed by atoms with Crippen molar-refractivity contribution in [1.82, 2.24) is 0 Å². The summed E-state index contributed by atoms with van der Waals surface area (Å²) < 4.78 is 32.2. The van der Waals surface area contributed by atoms with Crippen LogP contribution in [0.2, 0.25) is 0 Å². The van der Waals surface area contributed by atoms with Crippen molar-refractivity contribution < 1.29 is 28.2 Å². The Labute approximate surface area is 132 Å². The Balaban J connectivity index is 2.23. The van der Waals surface area contributed by atoms with E-state index in [0.717, 1.165) is 0 Å². The number of rotatable bonds is 3. The van der Waals surface area contributed by atoms with Crippen molar-refractivity contribution in [3.63, 3.8) is 0 Å². The Bertz CT molecular complexity index is 667. The molecule has 0 saturated heterocycles. The first kappa shape index (κ1) is 17.2. The third-order valence-corrected chi connectivity index (χ3v) is 3.71. The van der Waals surface area contributed by atoms with E-state index >= 15 is 0 Å². The predicted octanol–water partition coefficient (Wildman–Crippen LogP) is 3.70. The molecule has 1 amide bonds. The predicted molar refractivity (Wildman–Crippen MR) is 79.9 cm³/mol. The third kappa shape index (κ3) is 3.13. The van der Waals surface area contributed by atoms with Gasteiger partial charge < -0.3 is 9.84 Å². The van der Waals surface area contributed by atoms with Crippen molar-refractivity contribution in [3.8, 4) is 0 Å². The number of ether oxygens (including phenoxy) is 1. The minimum Gasteiger partial charge on any atom is -0.480 e. The van der Waals surface area contributed by atoms with Crippen LogP contribution in [-0.4, -0.2) is 28.7 Å². The minimum absolute atomic E-state index is 0.0299. The first-order valence-corrected chi connectivity index (χ1v) is 7.11. The summed E-state index contributed by atoms with van der Waals surface area (Å²) in [5, 5.41) is 11.7. The van der Waals surface area contributed by atoms with Crippen LogP contribution >= 0.6 is 0 Å². The van der Waals surface area contributed by atoms with Gasteiger partial charge in [-0.3, -0.25) is 10.1 Å². The zero-order chi connectivity index (χ0) is 17.6. The van der Waals surface area contributed by atoms with Crippen molar-refractivity contribution in [2.75, 3.05) is 5.32 Å². The molecule has 1 saturated carbocycles. The first-order chi connectivity index (χ1) is 10.4. The Kier molecular flexibility index (Phi) is 3.87. The van der Waals surface area contributed by atoms with Crippen LogP contribution in [0.5, 0.6) is 0 Å². The molecule has 0 heterocycles. The monoisotopic (exact) mass is 327 g/mol. The molecule has 1 aromatic rings. The second-order valence-corrected chi connectivity index (χ2v) is 6.75. The summed E-state index contributed by atoms with van der Waals surface area (Å²) in [6, 6.07) is 4.07. The number of nitrogens with one attached hydrogen (secondary N) is 1. The van der Waals surface area contributed by atoms with Crippen molar-refractivity contribution in [2.24, 2.45) is 0 Å². The number of halogens is 2. The molecule has 0 aromatic heterocycles. The van der Waals surface area contributed by atoms with Crippen LogP contribution in [-0.2, 0) is 14.9 Å². The van der Waals surface area contributed by atoms with Crippen LogP contribution < -0.4 is 5.32 Å². The summed E-state index contributed by atoms with van der Waals surface area (Å²) in [5.74, 6) is -4.81. The van der Waals surface area contributed by atoms with E-state index in [1.807, 2.05) is 0 Å². The second kappa shape index (κ2) is 5.18. The van der Waals surface area contributed by atoms with Crippen LogP contribution in [0.4, 0.5) is 19.3 Å². The number of aryl methyl sites for hydroxylation is 1. The lowest BCUT2D eigenvalue weighted by molar-refractivity contribution is -0.142. The normalized spacial score (nSPS) is 22.3. The quantitative estimate of drug-likeness (QED) is 0.887. The molecule has 23 heavy (non-hydrogen) atoms. The largest absolute Gasteiger partial charge is 0.480 e. The van der Waals surface area contributed by atoms with Crippen molar-refractivity contribution in [1.29, 1.82) is 0 Å². The molecule has 0 bridgehead atoms. The maximum atomic E-state index is 13.5. The Morgan fingerprint density at radius 2 is 1.87 bits per heavy atom. The van der Waals surface area contributed by atoms with Crippen molar-refractivity contribution >= 4 is 17.7 Å². The van der Waals surface area contributed by atoms with Gasteiger partial charge in [0.05, 0.1) is 0 Å². The second-order valence-electron chi connectivity index (χ2n) is 6.75. The number of carbonyl (C=O) groups excluding carboxylic acids is 1. The molecule has 1 aromatic carbocycles. The number of hydrogen-bond donors (Lipinski definition) is 2. The lowest BCUT2D eigenvalue weighted by Gasteiger charge is -2.20. The fourth-order valence-electron chi connectivity index (χ4n) is 2.44. The standard InChI is InChI=1S/C16H19F2NO4/c1-9-7-10(15(12(20)21)8-16(15,17)18)5-6-11(9)19-13(22)23-14(2,3)4/h5-7H,8H2,1-4H3,(H,19,22)(H,20,21). The molecule has 1 unspecified atom stereocenters. The van der Waals surface area contributed by atoms with Crippen LogP contribution in [0.3, 0.4) is 0 Å². The molecule has 1 aliphatic rings. The van der Waals surface area contributed by atoms with Crippen LogP contribution in [0.15, 0.2) is 18.2 Å². The summed E-state index contributed by atoms with van der Waals surface area (Å²) in [5.41, 5.74) is -1.93. The van der Waals surface area contributed by atoms with Gasteiger partial charge in [-0.05, 0) is 44.9 Å². The smallest absolute Gasteiger partial charge is 0.412 e. The van der Waals surface area contributed by atoms with Gasteiger partial charge in [-0.2, -0.15) is 0 Å². The molecule has 7 heteroatoms. The Morgan fingerprint density at radius 1 is 1.30 bits per heavy atom. The van der Waals surface area contributed by atoms with Crippen molar-refractivity contribution in [3.05, 3.63) is 29.3 Å². The van der Waals surface area contributed by atoms with E-state index in [2.05, 4.69) is 5.32 Å². The number of anilines is 1.